The quantitative estimate of drug-likeness (QED) is 0.413. The summed E-state index contributed by atoms with van der Waals surface area (Å²) in [5, 5.41) is 21.4. The molecule has 10 heteroatoms. The highest BCUT2D eigenvalue weighted by atomic mass is 16.5. The number of aromatic nitrogens is 7. The Morgan fingerprint density at radius 2 is 2.19 bits per heavy atom. The first-order valence-electron chi connectivity index (χ1n) is 8.37. The Hall–Kier alpha value is -3.53. The number of nitrogens with two attached hydrogens (primary N) is 1. The highest BCUT2D eigenvalue weighted by Crippen LogP contribution is 2.30. The molecule has 0 spiro atoms. The molecule has 1 aromatic carbocycles. The molecule has 4 N–H and O–H groups in total. The number of aromatic amines is 1. The lowest BCUT2D eigenvalue weighted by atomic mass is 10.1. The van der Waals surface area contributed by atoms with Crippen LogP contribution in [0.5, 0.6) is 5.75 Å². The third-order valence-electron chi connectivity index (χ3n) is 4.12. The maximum atomic E-state index is 8.99. The number of H-pyrrole nitrogens is 1. The molecule has 0 aliphatic carbocycles. The van der Waals surface area contributed by atoms with Crippen molar-refractivity contribution in [2.45, 2.75) is 13.1 Å². The first kappa shape index (κ1) is 16.9. The first-order valence-corrected chi connectivity index (χ1v) is 8.37. The number of aliphatic hydroxyl groups excluding tert-OH is 1. The van der Waals surface area contributed by atoms with E-state index >= 15 is 0 Å². The van der Waals surface area contributed by atoms with Gasteiger partial charge in [-0.15, -0.1) is 9.78 Å². The molecule has 0 radical (unpaired) electrons. The number of para-hydroxylation sites is 1. The van der Waals surface area contributed by atoms with E-state index in [9.17, 15) is 0 Å². The summed E-state index contributed by atoms with van der Waals surface area (Å²) in [4.78, 5) is 8.64. The van der Waals surface area contributed by atoms with Gasteiger partial charge in [-0.3, -0.25) is 0 Å². The van der Waals surface area contributed by atoms with Gasteiger partial charge in [-0.05, 0) is 6.07 Å². The van der Waals surface area contributed by atoms with E-state index < -0.39 is 0 Å². The van der Waals surface area contributed by atoms with Crippen molar-refractivity contribution in [3.63, 3.8) is 0 Å². The van der Waals surface area contributed by atoms with Crippen molar-refractivity contribution < 1.29 is 14.5 Å². The molecule has 4 aromatic rings. The molecule has 0 atom stereocenters. The van der Waals surface area contributed by atoms with Crippen molar-refractivity contribution in [1.29, 1.82) is 0 Å². The molecule has 3 aromatic heterocycles. The third-order valence-corrected chi connectivity index (χ3v) is 4.12. The molecule has 0 unspecified atom stereocenters. The molecule has 0 amide bonds. The van der Waals surface area contributed by atoms with E-state index in [4.69, 9.17) is 15.6 Å². The monoisotopic (exact) mass is 367 g/mol. The van der Waals surface area contributed by atoms with Crippen LogP contribution in [0.3, 0.4) is 0 Å². The van der Waals surface area contributed by atoms with Crippen molar-refractivity contribution in [3.8, 4) is 17.1 Å². The van der Waals surface area contributed by atoms with Gasteiger partial charge in [0.1, 0.15) is 35.0 Å². The van der Waals surface area contributed by atoms with Gasteiger partial charge in [-0.2, -0.15) is 5.10 Å². The van der Waals surface area contributed by atoms with E-state index in [1.54, 1.807) is 22.7 Å². The minimum absolute atomic E-state index is 0.0732. The van der Waals surface area contributed by atoms with E-state index in [1.165, 1.54) is 0 Å². The van der Waals surface area contributed by atoms with E-state index in [-0.39, 0.29) is 12.6 Å². The summed E-state index contributed by atoms with van der Waals surface area (Å²) in [6.07, 6.45) is 3.67. The number of nitrogens with zero attached hydrogens (tertiary/aromatic N) is 6. The number of anilines is 1. The van der Waals surface area contributed by atoms with Crippen molar-refractivity contribution in [2.24, 2.45) is 0 Å². The highest BCUT2D eigenvalue weighted by Gasteiger charge is 2.15. The SMILES string of the molecule is COc1cccc2c(-c3cn(Cc4cc[n+](CCO)[nH]4)nn3)nc(N)nc12. The summed E-state index contributed by atoms with van der Waals surface area (Å²) in [6, 6.07) is 7.52. The molecular formula is C17H19N8O2+. The molecule has 4 rings (SSSR count). The zero-order valence-electron chi connectivity index (χ0n) is 14.7. The second kappa shape index (κ2) is 7.00. The Balaban J connectivity index is 1.68. The fourth-order valence-electron chi connectivity index (χ4n) is 2.93. The second-order valence-electron chi connectivity index (χ2n) is 5.96. The number of hydrogen-bond donors (Lipinski definition) is 3. The van der Waals surface area contributed by atoms with Gasteiger partial charge in [0.25, 0.3) is 0 Å². The van der Waals surface area contributed by atoms with Gasteiger partial charge < -0.3 is 15.6 Å². The van der Waals surface area contributed by atoms with Crippen molar-refractivity contribution >= 4 is 16.9 Å². The van der Waals surface area contributed by atoms with Crippen LogP contribution in [0.1, 0.15) is 5.69 Å². The van der Waals surface area contributed by atoms with Crippen LogP contribution in [-0.2, 0) is 13.1 Å². The van der Waals surface area contributed by atoms with E-state index in [0.29, 0.717) is 35.7 Å². The summed E-state index contributed by atoms with van der Waals surface area (Å²) >= 11 is 0. The van der Waals surface area contributed by atoms with Crippen LogP contribution in [0.15, 0.2) is 36.7 Å². The number of nitrogens with one attached hydrogen (secondary N) is 1. The van der Waals surface area contributed by atoms with Crippen LogP contribution < -0.4 is 15.2 Å². The number of ether oxygens (including phenoxy) is 1. The minimum Gasteiger partial charge on any atom is -0.494 e. The molecular weight excluding hydrogens is 348 g/mol. The van der Waals surface area contributed by atoms with Gasteiger partial charge in [0.15, 0.2) is 12.7 Å². The Labute approximate surface area is 154 Å². The number of nitrogen functional groups attached to an aromatic ring is 1. The van der Waals surface area contributed by atoms with Crippen LogP contribution in [0.2, 0.25) is 0 Å². The molecule has 10 nitrogen and oxygen atoms in total. The zero-order valence-corrected chi connectivity index (χ0v) is 14.7. The fourth-order valence-corrected chi connectivity index (χ4v) is 2.93. The summed E-state index contributed by atoms with van der Waals surface area (Å²) in [5.74, 6) is 0.765. The lowest BCUT2D eigenvalue weighted by molar-refractivity contribution is -0.751. The molecule has 0 saturated heterocycles. The van der Waals surface area contributed by atoms with E-state index in [2.05, 4.69) is 25.4 Å². The lowest BCUT2D eigenvalue weighted by Crippen LogP contribution is -2.36. The van der Waals surface area contributed by atoms with Gasteiger partial charge in [-0.25, -0.2) is 14.6 Å². The second-order valence-corrected chi connectivity index (χ2v) is 5.96. The Kier molecular flexibility index (Phi) is 4.38. The molecule has 0 saturated carbocycles. The van der Waals surface area contributed by atoms with Crippen LogP contribution >= 0.6 is 0 Å². The molecule has 27 heavy (non-hydrogen) atoms. The number of fused-ring (bicyclic) bond motifs is 1. The van der Waals surface area contributed by atoms with Crippen molar-refractivity contribution in [3.05, 3.63) is 42.4 Å². The third kappa shape index (κ3) is 3.29. The fraction of sp³-hybridized carbons (Fsp3) is 0.235. The maximum Gasteiger partial charge on any atom is 0.221 e. The molecule has 0 fully saturated rings. The minimum atomic E-state index is 0.0732. The number of methoxy groups -OCH3 is 1. The zero-order chi connectivity index (χ0) is 18.8. The summed E-state index contributed by atoms with van der Waals surface area (Å²) < 4.78 is 8.88. The van der Waals surface area contributed by atoms with E-state index in [0.717, 1.165) is 11.1 Å². The lowest BCUT2D eigenvalue weighted by Gasteiger charge is -2.07. The summed E-state index contributed by atoms with van der Waals surface area (Å²) in [6.45, 7) is 1.09. The van der Waals surface area contributed by atoms with Gasteiger partial charge >= 0.3 is 0 Å². The maximum absolute atomic E-state index is 8.99. The Morgan fingerprint density at radius 1 is 1.30 bits per heavy atom. The molecule has 0 bridgehead atoms. The van der Waals surface area contributed by atoms with Crippen LogP contribution in [0, 0.1) is 0 Å². The van der Waals surface area contributed by atoms with Gasteiger partial charge in [0.2, 0.25) is 5.95 Å². The normalized spacial score (nSPS) is 11.2. The molecule has 138 valence electrons. The van der Waals surface area contributed by atoms with Gasteiger partial charge in [0, 0.05) is 11.5 Å². The number of rotatable bonds is 6. The largest absolute Gasteiger partial charge is 0.494 e. The predicted octanol–water partition coefficient (Wildman–Crippen LogP) is 0.135. The smallest absolute Gasteiger partial charge is 0.221 e. The average Bonchev–Trinajstić information content (AvgIpc) is 3.31. The standard InChI is InChI=1S/C17H18N8O2/c1-27-14-4-2-3-12-15(19-17(18)20-16(12)14)13-10-25(23-21-13)9-11-5-6-24(22-11)7-8-26/h2-6,10,26H,7-9H2,1H3,(H2,18,19,20)/p+1. The van der Waals surface area contributed by atoms with Crippen LogP contribution in [-0.4, -0.2) is 48.9 Å². The van der Waals surface area contributed by atoms with Gasteiger partial charge in [0.05, 0.1) is 19.9 Å². The number of benzene rings is 1. The molecule has 3 heterocycles. The highest BCUT2D eigenvalue weighted by molar-refractivity contribution is 5.95. The van der Waals surface area contributed by atoms with Crippen LogP contribution in [0.25, 0.3) is 22.3 Å². The number of hydrogen-bond acceptors (Lipinski definition) is 7. The van der Waals surface area contributed by atoms with Crippen molar-refractivity contribution in [2.75, 3.05) is 19.5 Å². The van der Waals surface area contributed by atoms with Crippen molar-refractivity contribution in [1.82, 2.24) is 30.1 Å². The predicted molar refractivity (Wildman–Crippen MR) is 96.7 cm³/mol. The summed E-state index contributed by atoms with van der Waals surface area (Å²) in [5.41, 5.74) is 8.65. The van der Waals surface area contributed by atoms with Gasteiger partial charge in [-0.1, -0.05) is 17.3 Å². The summed E-state index contributed by atoms with van der Waals surface area (Å²) in [7, 11) is 1.59. The Bertz CT molecular complexity index is 1090. The average molecular weight is 367 g/mol. The van der Waals surface area contributed by atoms with Crippen LogP contribution in [0.4, 0.5) is 5.95 Å². The topological polar surface area (TPSA) is 132 Å². The van der Waals surface area contributed by atoms with E-state index in [1.807, 2.05) is 30.5 Å². The Morgan fingerprint density at radius 3 is 3.00 bits per heavy atom. The molecule has 0 aliphatic heterocycles. The molecule has 0 aliphatic rings. The first-order chi connectivity index (χ1) is 13.2. The number of aliphatic hydroxyl groups is 1.